The van der Waals surface area contributed by atoms with Crippen LogP contribution < -0.4 is 20.7 Å². The first-order valence-electron chi connectivity index (χ1n) is 8.39. The number of carbonyl (C=O) groups is 4. The average molecular weight is 383 g/mol. The first kappa shape index (κ1) is 18.9. The summed E-state index contributed by atoms with van der Waals surface area (Å²) >= 11 is 0. The number of esters is 1. The molecule has 9 heteroatoms. The van der Waals surface area contributed by atoms with Gasteiger partial charge in [-0.15, -0.1) is 0 Å². The van der Waals surface area contributed by atoms with Crippen LogP contribution in [0.3, 0.4) is 0 Å². The molecule has 3 N–H and O–H groups in total. The number of fused-ring (bicyclic) bond motifs is 1. The Hall–Kier alpha value is -3.88. The lowest BCUT2D eigenvalue weighted by Gasteiger charge is -2.25. The highest BCUT2D eigenvalue weighted by atomic mass is 16.5. The van der Waals surface area contributed by atoms with Gasteiger partial charge >= 0.3 is 12.0 Å². The molecule has 0 bridgehead atoms. The van der Waals surface area contributed by atoms with Crippen LogP contribution in [0.1, 0.15) is 6.42 Å². The van der Waals surface area contributed by atoms with E-state index >= 15 is 0 Å². The van der Waals surface area contributed by atoms with Crippen molar-refractivity contribution in [3.8, 4) is 5.75 Å². The van der Waals surface area contributed by atoms with Crippen molar-refractivity contribution in [1.29, 1.82) is 0 Å². The fraction of sp³-hybridized carbons (Fsp3) is 0.158. The van der Waals surface area contributed by atoms with Gasteiger partial charge in [-0.1, -0.05) is 30.3 Å². The second-order valence-electron chi connectivity index (χ2n) is 5.83. The standard InChI is InChI=1S/C19H17N3O6/c23-16(22-19(26)20-12-6-2-1-3-7-12)11-27-17(24)10-15-18(25)21-13-8-4-5-9-14(13)28-15/h1-9,15H,10-11H2,(H,21,25)(H2,20,22,23,26)/t15-/m1/s1. The van der Waals surface area contributed by atoms with Crippen LogP contribution >= 0.6 is 0 Å². The molecule has 1 heterocycles. The van der Waals surface area contributed by atoms with Crippen molar-refractivity contribution < 1.29 is 28.7 Å². The Labute approximate surface area is 160 Å². The van der Waals surface area contributed by atoms with Gasteiger partial charge < -0.3 is 20.1 Å². The molecule has 0 fully saturated rings. The molecule has 144 valence electrons. The second-order valence-corrected chi connectivity index (χ2v) is 5.83. The number of carbonyl (C=O) groups excluding carboxylic acids is 4. The van der Waals surface area contributed by atoms with Gasteiger partial charge in [-0.05, 0) is 24.3 Å². The molecule has 2 aromatic rings. The predicted molar refractivity (Wildman–Crippen MR) is 98.7 cm³/mol. The number of ether oxygens (including phenoxy) is 2. The van der Waals surface area contributed by atoms with Gasteiger partial charge in [0.1, 0.15) is 5.75 Å². The van der Waals surface area contributed by atoms with E-state index in [2.05, 4.69) is 10.6 Å². The maximum absolute atomic E-state index is 12.0. The monoisotopic (exact) mass is 383 g/mol. The van der Waals surface area contributed by atoms with Crippen LogP contribution in [0.25, 0.3) is 0 Å². The Morgan fingerprint density at radius 3 is 2.54 bits per heavy atom. The fourth-order valence-electron chi connectivity index (χ4n) is 2.43. The summed E-state index contributed by atoms with van der Waals surface area (Å²) in [6, 6.07) is 14.6. The zero-order valence-electron chi connectivity index (χ0n) is 14.6. The number of imide groups is 1. The number of anilines is 2. The molecule has 0 saturated heterocycles. The molecule has 0 spiro atoms. The van der Waals surface area contributed by atoms with Gasteiger partial charge in [-0.3, -0.25) is 19.7 Å². The van der Waals surface area contributed by atoms with Crippen LogP contribution in [-0.2, 0) is 19.1 Å². The second kappa shape index (κ2) is 8.67. The number of hydrogen-bond donors (Lipinski definition) is 3. The molecule has 9 nitrogen and oxygen atoms in total. The van der Waals surface area contributed by atoms with Gasteiger partial charge in [-0.2, -0.15) is 0 Å². The van der Waals surface area contributed by atoms with Crippen molar-refractivity contribution in [3.05, 3.63) is 54.6 Å². The maximum Gasteiger partial charge on any atom is 0.325 e. The van der Waals surface area contributed by atoms with Crippen molar-refractivity contribution in [1.82, 2.24) is 5.32 Å². The van der Waals surface area contributed by atoms with Gasteiger partial charge in [0.15, 0.2) is 12.7 Å². The molecule has 3 rings (SSSR count). The van der Waals surface area contributed by atoms with Crippen LogP contribution in [0.4, 0.5) is 16.2 Å². The minimum atomic E-state index is -1.06. The molecule has 28 heavy (non-hydrogen) atoms. The lowest BCUT2D eigenvalue weighted by Crippen LogP contribution is -2.40. The third-order valence-corrected chi connectivity index (χ3v) is 3.71. The Morgan fingerprint density at radius 2 is 1.75 bits per heavy atom. The summed E-state index contributed by atoms with van der Waals surface area (Å²) in [7, 11) is 0. The Morgan fingerprint density at radius 1 is 1.04 bits per heavy atom. The highest BCUT2D eigenvalue weighted by molar-refractivity contribution is 6.02. The Kier molecular flexibility index (Phi) is 5.85. The van der Waals surface area contributed by atoms with Crippen LogP contribution in [0.2, 0.25) is 0 Å². The lowest BCUT2D eigenvalue weighted by atomic mass is 10.1. The van der Waals surface area contributed by atoms with Crippen LogP contribution in [-0.4, -0.2) is 36.5 Å². The lowest BCUT2D eigenvalue weighted by molar-refractivity contribution is -0.151. The summed E-state index contributed by atoms with van der Waals surface area (Å²) in [6.45, 7) is -0.661. The van der Waals surface area contributed by atoms with Gasteiger partial charge in [-0.25, -0.2) is 4.79 Å². The number of benzene rings is 2. The van der Waals surface area contributed by atoms with Crippen molar-refractivity contribution in [2.75, 3.05) is 17.2 Å². The summed E-state index contributed by atoms with van der Waals surface area (Å²) < 4.78 is 10.3. The molecule has 0 radical (unpaired) electrons. The number of nitrogens with one attached hydrogen (secondary N) is 3. The van der Waals surface area contributed by atoms with Crippen LogP contribution in [0.5, 0.6) is 5.75 Å². The SMILES string of the molecule is O=C(COC(=O)C[C@H]1Oc2ccccc2NC1=O)NC(=O)Nc1ccccc1. The van der Waals surface area contributed by atoms with Crippen molar-refractivity contribution >= 4 is 35.2 Å². The van der Waals surface area contributed by atoms with Gasteiger partial charge in [0.25, 0.3) is 11.8 Å². The number of rotatable bonds is 5. The normalized spacial score (nSPS) is 14.7. The fourth-order valence-corrected chi connectivity index (χ4v) is 2.43. The van der Waals surface area contributed by atoms with E-state index < -0.39 is 36.5 Å². The number of amides is 4. The van der Waals surface area contributed by atoms with Crippen molar-refractivity contribution in [3.63, 3.8) is 0 Å². The van der Waals surface area contributed by atoms with E-state index in [4.69, 9.17) is 9.47 Å². The Bertz CT molecular complexity index is 900. The molecule has 1 aliphatic rings. The third-order valence-electron chi connectivity index (χ3n) is 3.71. The molecule has 2 aromatic carbocycles. The van der Waals surface area contributed by atoms with Crippen molar-refractivity contribution in [2.45, 2.75) is 12.5 Å². The maximum atomic E-state index is 12.0. The number of urea groups is 1. The van der Waals surface area contributed by atoms with E-state index in [9.17, 15) is 19.2 Å². The van der Waals surface area contributed by atoms with Crippen LogP contribution in [0, 0.1) is 0 Å². The number of para-hydroxylation sites is 3. The summed E-state index contributed by atoms with van der Waals surface area (Å²) in [5.74, 6) is -1.66. The van der Waals surface area contributed by atoms with Crippen LogP contribution in [0.15, 0.2) is 54.6 Å². The van der Waals surface area contributed by atoms with E-state index in [0.29, 0.717) is 17.1 Å². The Balaban J connectivity index is 1.42. The summed E-state index contributed by atoms with van der Waals surface area (Å²) in [5, 5.41) is 7.12. The molecule has 4 amide bonds. The van der Waals surface area contributed by atoms with Gasteiger partial charge in [0.05, 0.1) is 12.1 Å². The van der Waals surface area contributed by atoms with Gasteiger partial charge in [0, 0.05) is 5.69 Å². The molecule has 0 aliphatic carbocycles. The van der Waals surface area contributed by atoms with E-state index in [1.165, 1.54) is 0 Å². The predicted octanol–water partition coefficient (Wildman–Crippen LogP) is 1.67. The highest BCUT2D eigenvalue weighted by Crippen LogP contribution is 2.29. The van der Waals surface area contributed by atoms with E-state index in [1.54, 1.807) is 54.6 Å². The first-order valence-corrected chi connectivity index (χ1v) is 8.39. The zero-order chi connectivity index (χ0) is 19.9. The molecular weight excluding hydrogens is 366 g/mol. The molecule has 0 aromatic heterocycles. The number of hydrogen-bond acceptors (Lipinski definition) is 6. The van der Waals surface area contributed by atoms with E-state index in [-0.39, 0.29) is 6.42 Å². The highest BCUT2D eigenvalue weighted by Gasteiger charge is 2.30. The smallest absolute Gasteiger partial charge is 0.325 e. The van der Waals surface area contributed by atoms with Crippen molar-refractivity contribution in [2.24, 2.45) is 0 Å². The summed E-state index contributed by atoms with van der Waals surface area (Å²) in [4.78, 5) is 47.3. The average Bonchev–Trinajstić information content (AvgIpc) is 2.67. The first-order chi connectivity index (χ1) is 13.5. The third kappa shape index (κ3) is 5.07. The summed E-state index contributed by atoms with van der Waals surface area (Å²) in [5.41, 5.74) is 1.02. The molecular formula is C19H17N3O6. The van der Waals surface area contributed by atoms with E-state index in [0.717, 1.165) is 0 Å². The molecule has 1 aliphatic heterocycles. The van der Waals surface area contributed by atoms with Gasteiger partial charge in [0.2, 0.25) is 0 Å². The quantitative estimate of drug-likeness (QED) is 0.675. The molecule has 0 unspecified atom stereocenters. The molecule has 1 atom stereocenters. The topological polar surface area (TPSA) is 123 Å². The zero-order valence-corrected chi connectivity index (χ0v) is 14.6. The molecule has 0 saturated carbocycles. The van der Waals surface area contributed by atoms with E-state index in [1.807, 2.05) is 5.32 Å². The largest absolute Gasteiger partial charge is 0.478 e. The minimum Gasteiger partial charge on any atom is -0.478 e. The summed E-state index contributed by atoms with van der Waals surface area (Å²) in [6.07, 6.45) is -1.43. The minimum absolute atomic E-state index is 0.371.